The van der Waals surface area contributed by atoms with Crippen LogP contribution in [0.2, 0.25) is 0 Å². The van der Waals surface area contributed by atoms with Crippen LogP contribution in [0.3, 0.4) is 0 Å². The van der Waals surface area contributed by atoms with Crippen molar-refractivity contribution in [2.75, 3.05) is 19.9 Å². The first-order valence-corrected chi connectivity index (χ1v) is 9.36. The molecule has 2 aliphatic heterocycles. The number of hydrogen-bond donors (Lipinski definition) is 0. The molecule has 5 heteroatoms. The fourth-order valence-corrected chi connectivity index (χ4v) is 4.28. The predicted molar refractivity (Wildman–Crippen MR) is 94.7 cm³/mol. The third kappa shape index (κ3) is 3.74. The molecule has 24 heavy (non-hydrogen) atoms. The smallest absolute Gasteiger partial charge is 0.231 e. The molecular weight excluding hydrogens is 322 g/mol. The molecule has 2 aliphatic rings. The van der Waals surface area contributed by atoms with Crippen molar-refractivity contribution in [2.24, 2.45) is 0 Å². The zero-order valence-corrected chi connectivity index (χ0v) is 14.8. The Morgan fingerprint density at radius 3 is 2.83 bits per heavy atom. The summed E-state index contributed by atoms with van der Waals surface area (Å²) in [5.41, 5.74) is 1.26. The molecule has 0 saturated carbocycles. The van der Waals surface area contributed by atoms with E-state index in [0.29, 0.717) is 12.9 Å². The van der Waals surface area contributed by atoms with Gasteiger partial charge in [0, 0.05) is 36.0 Å². The fourth-order valence-electron chi connectivity index (χ4n) is 3.35. The summed E-state index contributed by atoms with van der Waals surface area (Å²) in [6, 6.07) is 10.7. The first-order chi connectivity index (χ1) is 11.8. The van der Waals surface area contributed by atoms with Crippen molar-refractivity contribution in [2.45, 2.75) is 39.0 Å². The monoisotopic (exact) mass is 345 g/mol. The molecule has 1 fully saturated rings. The van der Waals surface area contributed by atoms with Gasteiger partial charge in [-0.2, -0.15) is 0 Å². The van der Waals surface area contributed by atoms with Crippen molar-refractivity contribution < 1.29 is 14.2 Å². The second-order valence-corrected chi connectivity index (χ2v) is 7.88. The molecule has 0 aliphatic carbocycles. The number of thiophene rings is 1. The number of hydrogen-bond acceptors (Lipinski definition) is 5. The summed E-state index contributed by atoms with van der Waals surface area (Å²) < 4.78 is 16.8. The Bertz CT molecular complexity index is 694. The van der Waals surface area contributed by atoms with Crippen molar-refractivity contribution in [3.05, 3.63) is 45.6 Å². The normalized spacial score (nSPS) is 19.3. The van der Waals surface area contributed by atoms with Crippen LogP contribution in [0.15, 0.2) is 30.3 Å². The maximum atomic E-state index is 5.86. The third-order valence-corrected chi connectivity index (χ3v) is 5.49. The summed E-state index contributed by atoms with van der Waals surface area (Å²) in [4.78, 5) is 5.26. The zero-order chi connectivity index (χ0) is 16.4. The van der Waals surface area contributed by atoms with Crippen LogP contribution in [0.5, 0.6) is 11.5 Å². The van der Waals surface area contributed by atoms with E-state index >= 15 is 0 Å². The van der Waals surface area contributed by atoms with Gasteiger partial charge in [0.1, 0.15) is 0 Å². The van der Waals surface area contributed by atoms with E-state index in [4.69, 9.17) is 14.2 Å². The Morgan fingerprint density at radius 2 is 2.04 bits per heavy atom. The van der Waals surface area contributed by atoms with E-state index < -0.39 is 0 Å². The van der Waals surface area contributed by atoms with Crippen LogP contribution < -0.4 is 9.47 Å². The second-order valence-electron chi connectivity index (χ2n) is 6.50. The van der Waals surface area contributed by atoms with E-state index in [1.165, 1.54) is 28.2 Å². The second kappa shape index (κ2) is 7.13. The summed E-state index contributed by atoms with van der Waals surface area (Å²) in [6.07, 6.45) is 2.71. The lowest BCUT2D eigenvalue weighted by atomic mass is 10.1. The molecule has 2 aromatic rings. The van der Waals surface area contributed by atoms with Gasteiger partial charge in [0.05, 0.1) is 6.10 Å². The highest BCUT2D eigenvalue weighted by Gasteiger charge is 2.21. The molecule has 0 amide bonds. The minimum atomic E-state index is 0.326. The summed E-state index contributed by atoms with van der Waals surface area (Å²) >= 11 is 1.88. The zero-order valence-electron chi connectivity index (χ0n) is 14.0. The Balaban J connectivity index is 1.48. The lowest BCUT2D eigenvalue weighted by Gasteiger charge is -2.25. The average Bonchev–Trinajstić information content (AvgIpc) is 3.29. The predicted octanol–water partition coefficient (Wildman–Crippen LogP) is 3.97. The van der Waals surface area contributed by atoms with Crippen molar-refractivity contribution in [3.8, 4) is 11.5 Å². The number of nitrogens with zero attached hydrogens (tertiary/aromatic N) is 1. The molecule has 0 spiro atoms. The Kier molecular flexibility index (Phi) is 4.74. The highest BCUT2D eigenvalue weighted by Crippen LogP contribution is 2.33. The van der Waals surface area contributed by atoms with Gasteiger partial charge in [-0.3, -0.25) is 4.90 Å². The summed E-state index contributed by atoms with van der Waals surface area (Å²) in [5.74, 6) is 1.70. The molecule has 0 radical (unpaired) electrons. The van der Waals surface area contributed by atoms with Crippen molar-refractivity contribution in [1.29, 1.82) is 0 Å². The molecular formula is C19H23NO3S. The van der Waals surface area contributed by atoms with Gasteiger partial charge in [-0.15, -0.1) is 11.3 Å². The van der Waals surface area contributed by atoms with Crippen LogP contribution in [0.4, 0.5) is 0 Å². The van der Waals surface area contributed by atoms with E-state index in [2.05, 4.69) is 36.1 Å². The van der Waals surface area contributed by atoms with Crippen molar-refractivity contribution in [1.82, 2.24) is 4.90 Å². The van der Waals surface area contributed by atoms with Crippen LogP contribution in [-0.4, -0.2) is 30.9 Å². The minimum absolute atomic E-state index is 0.326. The van der Waals surface area contributed by atoms with Gasteiger partial charge in [-0.05, 0) is 49.6 Å². The summed E-state index contributed by atoms with van der Waals surface area (Å²) in [7, 11) is 0. The number of aryl methyl sites for hydroxylation is 1. The van der Waals surface area contributed by atoms with Gasteiger partial charge in [0.2, 0.25) is 6.79 Å². The van der Waals surface area contributed by atoms with Crippen LogP contribution in [0.1, 0.15) is 28.2 Å². The Morgan fingerprint density at radius 1 is 1.12 bits per heavy atom. The van der Waals surface area contributed by atoms with E-state index in [9.17, 15) is 0 Å². The quantitative estimate of drug-likeness (QED) is 0.793. The maximum Gasteiger partial charge on any atom is 0.231 e. The standard InChI is InChI=1S/C19H23NO3S/c1-14-4-6-17(24-14)12-20(11-16-3-2-8-21-16)10-15-5-7-18-19(9-15)23-13-22-18/h4-7,9,16H,2-3,8,10-13H2,1H3. The minimum Gasteiger partial charge on any atom is -0.454 e. The van der Waals surface area contributed by atoms with Gasteiger partial charge >= 0.3 is 0 Å². The molecule has 4 rings (SSSR count). The molecule has 1 saturated heterocycles. The maximum absolute atomic E-state index is 5.86. The molecule has 1 aromatic carbocycles. The molecule has 4 nitrogen and oxygen atoms in total. The molecule has 0 bridgehead atoms. The average molecular weight is 345 g/mol. The Labute approximate surface area is 147 Å². The molecule has 128 valence electrons. The highest BCUT2D eigenvalue weighted by atomic mass is 32.1. The van der Waals surface area contributed by atoms with E-state index in [0.717, 1.165) is 37.7 Å². The molecule has 1 aromatic heterocycles. The lowest BCUT2D eigenvalue weighted by Crippen LogP contribution is -2.31. The molecule has 1 unspecified atom stereocenters. The lowest BCUT2D eigenvalue weighted by molar-refractivity contribution is 0.0682. The van der Waals surface area contributed by atoms with Crippen LogP contribution in [0, 0.1) is 6.92 Å². The number of benzene rings is 1. The fraction of sp³-hybridized carbons (Fsp3) is 0.474. The van der Waals surface area contributed by atoms with Gasteiger partial charge in [-0.1, -0.05) is 6.07 Å². The third-order valence-electron chi connectivity index (χ3n) is 4.50. The van der Waals surface area contributed by atoms with Crippen LogP contribution >= 0.6 is 11.3 Å². The van der Waals surface area contributed by atoms with E-state index in [1.807, 2.05) is 17.4 Å². The Hall–Kier alpha value is -1.56. The van der Waals surface area contributed by atoms with Crippen LogP contribution in [0.25, 0.3) is 0 Å². The van der Waals surface area contributed by atoms with E-state index in [-0.39, 0.29) is 0 Å². The first kappa shape index (κ1) is 15.9. The summed E-state index contributed by atoms with van der Waals surface area (Å²) in [5, 5.41) is 0. The largest absolute Gasteiger partial charge is 0.454 e. The first-order valence-electron chi connectivity index (χ1n) is 8.54. The topological polar surface area (TPSA) is 30.9 Å². The highest BCUT2D eigenvalue weighted by molar-refractivity contribution is 7.11. The number of ether oxygens (including phenoxy) is 3. The van der Waals surface area contributed by atoms with Crippen LogP contribution in [-0.2, 0) is 17.8 Å². The molecule has 0 N–H and O–H groups in total. The van der Waals surface area contributed by atoms with Crippen molar-refractivity contribution >= 4 is 11.3 Å². The van der Waals surface area contributed by atoms with Gasteiger partial charge < -0.3 is 14.2 Å². The van der Waals surface area contributed by atoms with Gasteiger partial charge in [-0.25, -0.2) is 0 Å². The van der Waals surface area contributed by atoms with Crippen molar-refractivity contribution in [3.63, 3.8) is 0 Å². The number of fused-ring (bicyclic) bond motifs is 1. The molecule has 1 atom stereocenters. The van der Waals surface area contributed by atoms with Gasteiger partial charge in [0.25, 0.3) is 0 Å². The van der Waals surface area contributed by atoms with E-state index in [1.54, 1.807) is 0 Å². The SMILES string of the molecule is Cc1ccc(CN(Cc2ccc3c(c2)OCO3)CC2CCCO2)s1. The number of rotatable bonds is 6. The van der Waals surface area contributed by atoms with Gasteiger partial charge in [0.15, 0.2) is 11.5 Å². The molecule has 3 heterocycles. The summed E-state index contributed by atoms with van der Waals surface area (Å²) in [6.45, 7) is 6.23.